The molecule has 0 aliphatic carbocycles. The molecule has 7 heteroatoms. The molecule has 0 aliphatic rings. The minimum absolute atomic E-state index is 0. The summed E-state index contributed by atoms with van der Waals surface area (Å²) in [5.41, 5.74) is 0. The SMILES string of the molecule is C.C.CO[SiH2]C.CO[Si](C)(C)CCCO.C[SiH2]CCCO. The van der Waals surface area contributed by atoms with Crippen LogP contribution in [-0.4, -0.2) is 65.2 Å². The van der Waals surface area contributed by atoms with Gasteiger partial charge in [0.2, 0.25) is 0 Å². The first-order valence-corrected chi connectivity index (χ1v) is 14.7. The molecule has 0 unspecified atom stereocenters. The monoisotopic (exact) mass is 360 g/mol. The third-order valence-corrected chi connectivity index (χ3v) is 6.99. The molecular formula is C14H44O4Si3. The van der Waals surface area contributed by atoms with Crippen molar-refractivity contribution in [3.05, 3.63) is 0 Å². The molecule has 0 amide bonds. The average molecular weight is 361 g/mol. The third-order valence-electron chi connectivity index (χ3n) is 2.54. The standard InChI is InChI=1S/C6H16O2Si.C4H12OSi.C2H8OSi.2CH4/c1-8-9(2,3)6-4-5-7;1-6-4-2-3-5;1-3-4-2;;/h7H,4-6H2,1-3H3;5H,2-4,6H2,1H3;4H2,1-2H3;2*1H4. The summed E-state index contributed by atoms with van der Waals surface area (Å²) in [6.45, 7) is 9.35. The first-order valence-electron chi connectivity index (χ1n) is 7.21. The first-order chi connectivity index (χ1) is 8.95. The maximum atomic E-state index is 8.49. The summed E-state index contributed by atoms with van der Waals surface area (Å²) in [5.74, 6) is 0. The van der Waals surface area contributed by atoms with Crippen LogP contribution in [0.3, 0.4) is 0 Å². The van der Waals surface area contributed by atoms with Crippen LogP contribution < -0.4 is 0 Å². The zero-order chi connectivity index (χ0) is 15.6. The summed E-state index contributed by atoms with van der Waals surface area (Å²) in [6, 6.07) is 2.36. The number of aliphatic hydroxyl groups excluding tert-OH is 2. The van der Waals surface area contributed by atoms with Gasteiger partial charge in [-0.05, 0) is 32.0 Å². The quantitative estimate of drug-likeness (QED) is 0.515. The normalized spacial score (nSPS) is 10.3. The van der Waals surface area contributed by atoms with Crippen molar-refractivity contribution < 1.29 is 19.1 Å². The molecule has 0 bridgehead atoms. The van der Waals surface area contributed by atoms with Crippen LogP contribution in [0, 0.1) is 0 Å². The highest BCUT2D eigenvalue weighted by Crippen LogP contribution is 2.10. The van der Waals surface area contributed by atoms with Crippen LogP contribution in [0.2, 0.25) is 38.3 Å². The minimum Gasteiger partial charge on any atom is -0.427 e. The molecule has 0 aromatic heterocycles. The Labute approximate surface area is 140 Å². The third kappa shape index (κ3) is 44.9. The topological polar surface area (TPSA) is 58.9 Å². The Morgan fingerprint density at radius 1 is 0.952 bits per heavy atom. The molecule has 2 N–H and O–H groups in total. The van der Waals surface area contributed by atoms with Gasteiger partial charge in [0, 0.05) is 37.0 Å². The second-order valence-electron chi connectivity index (χ2n) is 4.80. The Morgan fingerprint density at radius 2 is 1.38 bits per heavy atom. The van der Waals surface area contributed by atoms with Gasteiger partial charge in [-0.1, -0.05) is 34.0 Å². The van der Waals surface area contributed by atoms with Crippen molar-refractivity contribution in [3.63, 3.8) is 0 Å². The van der Waals surface area contributed by atoms with Crippen molar-refractivity contribution in [3.8, 4) is 0 Å². The van der Waals surface area contributed by atoms with E-state index in [1.807, 2.05) is 0 Å². The summed E-state index contributed by atoms with van der Waals surface area (Å²) in [5, 5.41) is 16.7. The van der Waals surface area contributed by atoms with Crippen LogP contribution in [0.5, 0.6) is 0 Å². The van der Waals surface area contributed by atoms with Gasteiger partial charge in [-0.15, -0.1) is 0 Å². The molecule has 0 aromatic rings. The smallest absolute Gasteiger partial charge is 0.186 e. The van der Waals surface area contributed by atoms with Gasteiger partial charge < -0.3 is 19.1 Å². The van der Waals surface area contributed by atoms with E-state index in [4.69, 9.17) is 14.6 Å². The van der Waals surface area contributed by atoms with E-state index in [1.54, 1.807) is 14.2 Å². The Kier molecular flexibility index (Phi) is 45.2. The molecule has 0 aliphatic heterocycles. The largest absolute Gasteiger partial charge is 0.427 e. The second kappa shape index (κ2) is 28.6. The van der Waals surface area contributed by atoms with Crippen molar-refractivity contribution in [2.24, 2.45) is 0 Å². The van der Waals surface area contributed by atoms with E-state index in [-0.39, 0.29) is 34.1 Å². The summed E-state index contributed by atoms with van der Waals surface area (Å²) in [7, 11) is 2.30. The van der Waals surface area contributed by atoms with Crippen molar-refractivity contribution in [1.82, 2.24) is 0 Å². The van der Waals surface area contributed by atoms with Crippen LogP contribution in [0.15, 0.2) is 0 Å². The highest BCUT2D eigenvalue weighted by Gasteiger charge is 2.18. The maximum Gasteiger partial charge on any atom is 0.186 e. The van der Waals surface area contributed by atoms with Gasteiger partial charge in [0.25, 0.3) is 0 Å². The molecule has 0 saturated heterocycles. The molecule has 0 atom stereocenters. The van der Waals surface area contributed by atoms with Crippen LogP contribution in [0.1, 0.15) is 27.7 Å². The van der Waals surface area contributed by atoms with E-state index in [0.717, 1.165) is 18.9 Å². The second-order valence-corrected chi connectivity index (χ2v) is 12.1. The molecular weight excluding hydrogens is 316 g/mol. The maximum absolute atomic E-state index is 8.49. The molecule has 0 aromatic carbocycles. The van der Waals surface area contributed by atoms with E-state index >= 15 is 0 Å². The lowest BCUT2D eigenvalue weighted by molar-refractivity contribution is 0.290. The van der Waals surface area contributed by atoms with E-state index in [9.17, 15) is 0 Å². The molecule has 0 saturated carbocycles. The van der Waals surface area contributed by atoms with E-state index < -0.39 is 8.32 Å². The van der Waals surface area contributed by atoms with Crippen LogP contribution in [0.4, 0.5) is 0 Å². The van der Waals surface area contributed by atoms with Gasteiger partial charge in [0.1, 0.15) is 0 Å². The Hall–Kier alpha value is 0.491. The fourth-order valence-electron chi connectivity index (χ4n) is 0.969. The molecule has 21 heavy (non-hydrogen) atoms. The fraction of sp³-hybridized carbons (Fsp3) is 1.00. The van der Waals surface area contributed by atoms with Crippen molar-refractivity contribution >= 4 is 27.6 Å². The number of hydrogen-bond donors (Lipinski definition) is 2. The highest BCUT2D eigenvalue weighted by molar-refractivity contribution is 6.71. The van der Waals surface area contributed by atoms with E-state index in [2.05, 4.69) is 30.6 Å². The fourth-order valence-corrected chi connectivity index (χ4v) is 2.91. The Balaban J connectivity index is -0.0000000627. The Morgan fingerprint density at radius 3 is 1.57 bits per heavy atom. The predicted molar refractivity (Wildman–Crippen MR) is 107 cm³/mol. The lowest BCUT2D eigenvalue weighted by Crippen LogP contribution is -2.28. The van der Waals surface area contributed by atoms with Crippen LogP contribution in [-0.2, 0) is 8.85 Å². The number of rotatable bonds is 8. The predicted octanol–water partition coefficient (Wildman–Crippen LogP) is 2.26. The zero-order valence-corrected chi connectivity index (χ0v) is 17.7. The Bertz CT molecular complexity index is 144. The van der Waals surface area contributed by atoms with Crippen LogP contribution >= 0.6 is 0 Å². The van der Waals surface area contributed by atoms with Gasteiger partial charge in [-0.2, -0.15) is 0 Å². The highest BCUT2D eigenvalue weighted by atomic mass is 28.4. The van der Waals surface area contributed by atoms with Gasteiger partial charge in [0.15, 0.2) is 18.1 Å². The summed E-state index contributed by atoms with van der Waals surface area (Å²) in [4.78, 5) is 0. The molecule has 0 fully saturated rings. The van der Waals surface area contributed by atoms with Crippen molar-refractivity contribution in [2.75, 3.05) is 27.4 Å². The number of hydrogen-bond acceptors (Lipinski definition) is 4. The number of aliphatic hydroxyl groups is 2. The molecule has 0 radical (unpaired) electrons. The average Bonchev–Trinajstić information content (AvgIpc) is 2.44. The molecule has 4 nitrogen and oxygen atoms in total. The van der Waals surface area contributed by atoms with E-state index in [0.29, 0.717) is 13.2 Å². The minimum atomic E-state index is -1.36. The molecule has 0 spiro atoms. The zero-order valence-electron chi connectivity index (χ0n) is 13.9. The lowest BCUT2D eigenvalue weighted by atomic mass is 10.5. The van der Waals surface area contributed by atoms with Crippen LogP contribution in [0.25, 0.3) is 0 Å². The van der Waals surface area contributed by atoms with E-state index in [1.165, 1.54) is 6.04 Å². The molecule has 0 heterocycles. The summed E-state index contributed by atoms with van der Waals surface area (Å²) in [6.07, 6.45) is 1.91. The first kappa shape index (κ1) is 33.2. The summed E-state index contributed by atoms with van der Waals surface area (Å²) < 4.78 is 9.95. The van der Waals surface area contributed by atoms with Crippen molar-refractivity contribution in [1.29, 1.82) is 0 Å². The van der Waals surface area contributed by atoms with Gasteiger partial charge in [-0.25, -0.2) is 0 Å². The van der Waals surface area contributed by atoms with Gasteiger partial charge in [-0.3, -0.25) is 0 Å². The molecule has 0 rings (SSSR count). The molecule has 136 valence electrons. The van der Waals surface area contributed by atoms with Gasteiger partial charge in [0.05, 0.1) is 0 Å². The lowest BCUT2D eigenvalue weighted by Gasteiger charge is -2.18. The summed E-state index contributed by atoms with van der Waals surface area (Å²) >= 11 is 0. The van der Waals surface area contributed by atoms with Crippen molar-refractivity contribution in [2.45, 2.75) is 66.0 Å². The van der Waals surface area contributed by atoms with Gasteiger partial charge >= 0.3 is 0 Å².